The van der Waals surface area contributed by atoms with Gasteiger partial charge < -0.3 is 19.7 Å². The Balaban J connectivity index is 1.49. The molecule has 1 heterocycles. The minimum Gasteiger partial charge on any atom is -0.476 e. The minimum atomic E-state index is -1.07. The van der Waals surface area contributed by atoms with Crippen molar-refractivity contribution >= 4 is 5.97 Å². The molecule has 0 spiro atoms. The Morgan fingerprint density at radius 3 is 3.11 bits per heavy atom. The molecule has 2 rings (SSSR count). The first-order valence-corrected chi connectivity index (χ1v) is 6.23. The molecule has 0 atom stereocenters. The summed E-state index contributed by atoms with van der Waals surface area (Å²) in [5.41, 5.74) is -0.0560. The van der Waals surface area contributed by atoms with Crippen LogP contribution in [0.1, 0.15) is 35.5 Å². The van der Waals surface area contributed by atoms with E-state index in [0.717, 1.165) is 32.1 Å². The monoisotopic (exact) mass is 254 g/mol. The third kappa shape index (κ3) is 4.46. The molecule has 0 saturated heterocycles. The first-order chi connectivity index (χ1) is 8.75. The SMILES string of the molecule is O=C(O)c1cc(CNCCCOCC2CC2)on1. The molecule has 6 heteroatoms. The highest BCUT2D eigenvalue weighted by Crippen LogP contribution is 2.28. The molecular weight excluding hydrogens is 236 g/mol. The zero-order chi connectivity index (χ0) is 12.8. The van der Waals surface area contributed by atoms with E-state index in [1.54, 1.807) is 0 Å². The second kappa shape index (κ2) is 6.51. The smallest absolute Gasteiger partial charge is 0.358 e. The van der Waals surface area contributed by atoms with Gasteiger partial charge in [-0.05, 0) is 31.7 Å². The predicted octanol–water partition coefficient (Wildman–Crippen LogP) is 1.28. The lowest BCUT2D eigenvalue weighted by molar-refractivity contribution is 0.0685. The topological polar surface area (TPSA) is 84.6 Å². The van der Waals surface area contributed by atoms with Gasteiger partial charge in [-0.25, -0.2) is 4.79 Å². The van der Waals surface area contributed by atoms with Gasteiger partial charge in [-0.3, -0.25) is 0 Å². The standard InChI is InChI=1S/C12H18N2O4/c15-12(16)11-6-10(18-14-11)7-13-4-1-5-17-8-9-2-3-9/h6,9,13H,1-5,7-8H2,(H,15,16). The van der Waals surface area contributed by atoms with E-state index in [4.69, 9.17) is 14.4 Å². The van der Waals surface area contributed by atoms with E-state index in [1.165, 1.54) is 18.9 Å². The second-order valence-electron chi connectivity index (χ2n) is 4.53. The highest BCUT2D eigenvalue weighted by Gasteiger charge is 2.20. The number of carbonyl (C=O) groups is 1. The summed E-state index contributed by atoms with van der Waals surface area (Å²) in [5, 5.41) is 15.2. The molecule has 2 N–H and O–H groups in total. The average molecular weight is 254 g/mol. The number of aromatic carboxylic acids is 1. The Morgan fingerprint density at radius 1 is 1.61 bits per heavy atom. The van der Waals surface area contributed by atoms with Crippen molar-refractivity contribution in [1.29, 1.82) is 0 Å². The molecule has 0 amide bonds. The maximum atomic E-state index is 10.6. The van der Waals surface area contributed by atoms with E-state index in [2.05, 4.69) is 10.5 Å². The van der Waals surface area contributed by atoms with E-state index in [0.29, 0.717) is 12.3 Å². The van der Waals surface area contributed by atoms with Crippen LogP contribution in [-0.4, -0.2) is 36.0 Å². The van der Waals surface area contributed by atoms with Gasteiger partial charge in [0.1, 0.15) is 0 Å². The fourth-order valence-electron chi connectivity index (χ4n) is 1.54. The van der Waals surface area contributed by atoms with Crippen molar-refractivity contribution in [3.8, 4) is 0 Å². The number of carboxylic acid groups (broad SMARTS) is 1. The Kier molecular flexibility index (Phi) is 4.72. The molecule has 0 bridgehead atoms. The highest BCUT2D eigenvalue weighted by molar-refractivity contribution is 5.85. The van der Waals surface area contributed by atoms with Crippen LogP contribution in [0.5, 0.6) is 0 Å². The number of nitrogens with zero attached hydrogens (tertiary/aromatic N) is 1. The third-order valence-corrected chi connectivity index (χ3v) is 2.77. The zero-order valence-electron chi connectivity index (χ0n) is 10.2. The summed E-state index contributed by atoms with van der Waals surface area (Å²) >= 11 is 0. The molecule has 100 valence electrons. The number of carboxylic acids is 1. The molecule has 1 aliphatic rings. The van der Waals surface area contributed by atoms with E-state index >= 15 is 0 Å². The van der Waals surface area contributed by atoms with Crippen molar-refractivity contribution in [2.75, 3.05) is 19.8 Å². The van der Waals surface area contributed by atoms with Crippen molar-refractivity contribution in [3.05, 3.63) is 17.5 Å². The maximum absolute atomic E-state index is 10.6. The molecule has 0 radical (unpaired) electrons. The van der Waals surface area contributed by atoms with E-state index in [1.807, 2.05) is 0 Å². The predicted molar refractivity (Wildman–Crippen MR) is 63.3 cm³/mol. The molecular formula is C12H18N2O4. The van der Waals surface area contributed by atoms with Gasteiger partial charge in [-0.2, -0.15) is 0 Å². The van der Waals surface area contributed by atoms with Crippen molar-refractivity contribution in [1.82, 2.24) is 10.5 Å². The van der Waals surface area contributed by atoms with Crippen LogP contribution in [0.2, 0.25) is 0 Å². The van der Waals surface area contributed by atoms with Crippen LogP contribution in [0.3, 0.4) is 0 Å². The third-order valence-electron chi connectivity index (χ3n) is 2.77. The van der Waals surface area contributed by atoms with Gasteiger partial charge in [-0.1, -0.05) is 5.16 Å². The van der Waals surface area contributed by atoms with Crippen LogP contribution >= 0.6 is 0 Å². The lowest BCUT2D eigenvalue weighted by Gasteiger charge is -2.03. The summed E-state index contributed by atoms with van der Waals surface area (Å²) in [4.78, 5) is 10.6. The van der Waals surface area contributed by atoms with Crippen molar-refractivity contribution < 1.29 is 19.2 Å². The number of hydrogen-bond donors (Lipinski definition) is 2. The number of hydrogen-bond acceptors (Lipinski definition) is 5. The Labute approximate surface area is 105 Å². The molecule has 0 unspecified atom stereocenters. The average Bonchev–Trinajstić information content (AvgIpc) is 3.04. The Bertz CT molecular complexity index is 387. The summed E-state index contributed by atoms with van der Waals surface area (Å²) in [5.74, 6) is 0.270. The first-order valence-electron chi connectivity index (χ1n) is 6.23. The van der Waals surface area contributed by atoms with E-state index in [-0.39, 0.29) is 5.69 Å². The zero-order valence-corrected chi connectivity index (χ0v) is 10.2. The summed E-state index contributed by atoms with van der Waals surface area (Å²) in [6.07, 6.45) is 3.57. The van der Waals surface area contributed by atoms with Gasteiger partial charge in [-0.15, -0.1) is 0 Å². The normalized spacial score (nSPS) is 14.9. The van der Waals surface area contributed by atoms with Gasteiger partial charge in [0.05, 0.1) is 6.54 Å². The van der Waals surface area contributed by atoms with Crippen molar-refractivity contribution in [3.63, 3.8) is 0 Å². The summed E-state index contributed by atoms with van der Waals surface area (Å²) in [6, 6.07) is 1.43. The lowest BCUT2D eigenvalue weighted by atomic mass is 10.3. The molecule has 1 aromatic heterocycles. The first kappa shape index (κ1) is 13.0. The summed E-state index contributed by atoms with van der Waals surface area (Å²) < 4.78 is 10.4. The molecule has 1 aromatic rings. The van der Waals surface area contributed by atoms with Gasteiger partial charge in [0, 0.05) is 19.3 Å². The molecule has 1 saturated carbocycles. The van der Waals surface area contributed by atoms with Gasteiger partial charge >= 0.3 is 5.97 Å². The number of nitrogens with one attached hydrogen (secondary N) is 1. The molecule has 0 aliphatic heterocycles. The highest BCUT2D eigenvalue weighted by atomic mass is 16.5. The number of ether oxygens (including phenoxy) is 1. The van der Waals surface area contributed by atoms with E-state index < -0.39 is 5.97 Å². The fraction of sp³-hybridized carbons (Fsp3) is 0.667. The quantitative estimate of drug-likeness (QED) is 0.646. The van der Waals surface area contributed by atoms with Crippen LogP contribution in [0.25, 0.3) is 0 Å². The van der Waals surface area contributed by atoms with Gasteiger partial charge in [0.15, 0.2) is 11.5 Å². The Hall–Kier alpha value is -1.40. The maximum Gasteiger partial charge on any atom is 0.358 e. The second-order valence-corrected chi connectivity index (χ2v) is 4.53. The number of aromatic nitrogens is 1. The van der Waals surface area contributed by atoms with Crippen LogP contribution in [-0.2, 0) is 11.3 Å². The molecule has 6 nitrogen and oxygen atoms in total. The van der Waals surface area contributed by atoms with Crippen molar-refractivity contribution in [2.45, 2.75) is 25.8 Å². The van der Waals surface area contributed by atoms with Crippen molar-refractivity contribution in [2.24, 2.45) is 5.92 Å². The van der Waals surface area contributed by atoms with Crippen LogP contribution in [0, 0.1) is 5.92 Å². The Morgan fingerprint density at radius 2 is 2.44 bits per heavy atom. The van der Waals surface area contributed by atoms with Crippen LogP contribution < -0.4 is 5.32 Å². The molecule has 18 heavy (non-hydrogen) atoms. The van der Waals surface area contributed by atoms with Crippen LogP contribution in [0.15, 0.2) is 10.6 Å². The molecule has 1 aliphatic carbocycles. The van der Waals surface area contributed by atoms with E-state index in [9.17, 15) is 4.79 Å². The summed E-state index contributed by atoms with van der Waals surface area (Å²) in [7, 11) is 0. The molecule has 1 fully saturated rings. The minimum absolute atomic E-state index is 0.0560. The lowest BCUT2D eigenvalue weighted by Crippen LogP contribution is -2.16. The van der Waals surface area contributed by atoms with Gasteiger partial charge in [0.2, 0.25) is 0 Å². The largest absolute Gasteiger partial charge is 0.476 e. The van der Waals surface area contributed by atoms with Gasteiger partial charge in [0.25, 0.3) is 0 Å². The summed E-state index contributed by atoms with van der Waals surface area (Å²) in [6.45, 7) is 2.96. The molecule has 0 aromatic carbocycles. The number of rotatable bonds is 9. The fourth-order valence-corrected chi connectivity index (χ4v) is 1.54. The van der Waals surface area contributed by atoms with Crippen LogP contribution in [0.4, 0.5) is 0 Å².